The van der Waals surface area contributed by atoms with Crippen LogP contribution < -0.4 is 23.7 Å². The maximum absolute atomic E-state index is 13.6. The molecule has 0 aromatic heterocycles. The molecule has 0 bridgehead atoms. The standard InChI is InChI=1S/C34H38O7S/c1-6-38-33-31(40-20-9-8-12-25-13-10-11-23(3)21-25)30-22-28(42(36)27-16-14-26(37-5)15-17-27)18-19-29(30)32(41-24(4)35)34(33)39-7-2/h10-11,13-19,21-22H,6-9,12,20H2,1-5H3. The van der Waals surface area contributed by atoms with E-state index in [4.69, 9.17) is 23.7 Å². The van der Waals surface area contributed by atoms with Gasteiger partial charge in [-0.3, -0.25) is 4.79 Å². The second-order valence-electron chi connectivity index (χ2n) is 9.72. The summed E-state index contributed by atoms with van der Waals surface area (Å²) >= 11 is -1.48. The van der Waals surface area contributed by atoms with Gasteiger partial charge in [0.15, 0.2) is 21.3 Å². The Morgan fingerprint density at radius 2 is 1.48 bits per heavy atom. The monoisotopic (exact) mass is 590 g/mol. The summed E-state index contributed by atoms with van der Waals surface area (Å²) in [6.45, 7) is 8.26. The van der Waals surface area contributed by atoms with Gasteiger partial charge in [0, 0.05) is 34.9 Å². The molecule has 0 aliphatic carbocycles. The molecule has 4 rings (SSSR count). The van der Waals surface area contributed by atoms with E-state index in [1.807, 2.05) is 19.9 Å². The molecular weight excluding hydrogens is 552 g/mol. The summed E-state index contributed by atoms with van der Waals surface area (Å²) in [4.78, 5) is 13.3. The van der Waals surface area contributed by atoms with Crippen molar-refractivity contribution in [2.75, 3.05) is 26.9 Å². The second-order valence-corrected chi connectivity index (χ2v) is 11.2. The molecule has 8 heteroatoms. The van der Waals surface area contributed by atoms with Crippen LogP contribution in [0.1, 0.15) is 44.7 Å². The molecule has 0 saturated heterocycles. The van der Waals surface area contributed by atoms with E-state index in [1.165, 1.54) is 18.1 Å². The normalized spacial score (nSPS) is 11.7. The van der Waals surface area contributed by atoms with Gasteiger partial charge in [-0.2, -0.15) is 0 Å². The number of ether oxygens (including phenoxy) is 5. The van der Waals surface area contributed by atoms with Crippen LogP contribution in [0.5, 0.6) is 28.7 Å². The summed E-state index contributed by atoms with van der Waals surface area (Å²) in [6.07, 6.45) is 2.71. The van der Waals surface area contributed by atoms with Gasteiger partial charge in [-0.25, -0.2) is 0 Å². The van der Waals surface area contributed by atoms with Crippen molar-refractivity contribution in [3.8, 4) is 28.7 Å². The van der Waals surface area contributed by atoms with Gasteiger partial charge >= 0.3 is 5.97 Å². The van der Waals surface area contributed by atoms with Gasteiger partial charge in [-0.05, 0) is 82.0 Å². The summed E-state index contributed by atoms with van der Waals surface area (Å²) < 4.78 is 43.0. The molecule has 42 heavy (non-hydrogen) atoms. The van der Waals surface area contributed by atoms with Crippen molar-refractivity contribution in [1.82, 2.24) is 0 Å². The molecule has 4 aromatic carbocycles. The van der Waals surface area contributed by atoms with Crippen molar-refractivity contribution in [1.29, 1.82) is 0 Å². The van der Waals surface area contributed by atoms with Gasteiger partial charge < -0.3 is 28.2 Å². The Morgan fingerprint density at radius 1 is 0.786 bits per heavy atom. The van der Waals surface area contributed by atoms with Crippen molar-refractivity contribution in [2.45, 2.75) is 56.7 Å². The molecule has 0 aliphatic heterocycles. The average Bonchev–Trinajstić information content (AvgIpc) is 2.99. The number of hydrogen-bond donors (Lipinski definition) is 0. The fourth-order valence-corrected chi connectivity index (χ4v) is 5.80. The third kappa shape index (κ3) is 7.49. The van der Waals surface area contributed by atoms with E-state index in [9.17, 15) is 9.35 Å². The van der Waals surface area contributed by atoms with E-state index in [1.54, 1.807) is 43.5 Å². The Hall–Kier alpha value is -3.88. The van der Waals surface area contributed by atoms with E-state index in [2.05, 4.69) is 31.2 Å². The number of rotatable bonds is 14. The van der Waals surface area contributed by atoms with E-state index in [-0.39, 0.29) is 5.75 Å². The highest BCUT2D eigenvalue weighted by Crippen LogP contribution is 2.52. The Labute approximate surface area is 250 Å². The van der Waals surface area contributed by atoms with Crippen LogP contribution in [0.2, 0.25) is 0 Å². The van der Waals surface area contributed by atoms with Gasteiger partial charge in [0.25, 0.3) is 0 Å². The highest BCUT2D eigenvalue weighted by atomic mass is 32.2. The maximum Gasteiger partial charge on any atom is 0.308 e. The number of esters is 1. The number of fused-ring (bicyclic) bond motifs is 1. The molecular formula is C34H38O7S. The Balaban J connectivity index is 1.74. The fraction of sp³-hybridized carbons (Fsp3) is 0.324. The third-order valence-electron chi connectivity index (χ3n) is 6.60. The molecule has 1 unspecified atom stereocenters. The molecule has 0 amide bonds. The van der Waals surface area contributed by atoms with Gasteiger partial charge in [0.05, 0.1) is 26.9 Å². The summed E-state index contributed by atoms with van der Waals surface area (Å²) in [6, 6.07) is 21.0. The minimum absolute atomic E-state index is 0.247. The molecule has 1 atom stereocenters. The minimum Gasteiger partial charge on any atom is -0.606 e. The van der Waals surface area contributed by atoms with Crippen molar-refractivity contribution in [2.24, 2.45) is 0 Å². The molecule has 0 aliphatic rings. The first-order valence-corrected chi connectivity index (χ1v) is 15.3. The summed E-state index contributed by atoms with van der Waals surface area (Å²) in [5.74, 6) is 1.57. The van der Waals surface area contributed by atoms with E-state index < -0.39 is 17.1 Å². The average molecular weight is 591 g/mol. The van der Waals surface area contributed by atoms with E-state index >= 15 is 0 Å². The topological polar surface area (TPSA) is 86.3 Å². The molecule has 222 valence electrons. The highest BCUT2D eigenvalue weighted by molar-refractivity contribution is 7.91. The number of carbonyl (C=O) groups excluding carboxylic acids is 1. The number of unbranched alkanes of at least 4 members (excludes halogenated alkanes) is 1. The van der Waals surface area contributed by atoms with Crippen molar-refractivity contribution in [3.63, 3.8) is 0 Å². The van der Waals surface area contributed by atoms with E-state index in [0.717, 1.165) is 19.3 Å². The number of benzene rings is 4. The lowest BCUT2D eigenvalue weighted by molar-refractivity contribution is -0.131. The lowest BCUT2D eigenvalue weighted by Gasteiger charge is -2.22. The molecule has 7 nitrogen and oxygen atoms in total. The van der Waals surface area contributed by atoms with Gasteiger partial charge in [-0.15, -0.1) is 0 Å². The molecule has 0 fully saturated rings. The summed E-state index contributed by atoms with van der Waals surface area (Å²) in [5, 5.41) is 1.22. The largest absolute Gasteiger partial charge is 0.606 e. The van der Waals surface area contributed by atoms with Crippen LogP contribution >= 0.6 is 0 Å². The fourth-order valence-electron chi connectivity index (χ4n) is 4.72. The van der Waals surface area contributed by atoms with Gasteiger partial charge in [-0.1, -0.05) is 29.8 Å². The smallest absolute Gasteiger partial charge is 0.308 e. The van der Waals surface area contributed by atoms with Crippen LogP contribution in [0.4, 0.5) is 0 Å². The lowest BCUT2D eigenvalue weighted by Crippen LogP contribution is -2.10. The zero-order chi connectivity index (χ0) is 30.1. The third-order valence-corrected chi connectivity index (χ3v) is 7.98. The van der Waals surface area contributed by atoms with Crippen LogP contribution in [-0.2, 0) is 22.4 Å². The first-order valence-electron chi connectivity index (χ1n) is 14.2. The predicted molar refractivity (Wildman–Crippen MR) is 165 cm³/mol. The molecule has 0 N–H and O–H groups in total. The predicted octanol–water partition coefficient (Wildman–Crippen LogP) is 7.45. The molecule has 0 spiro atoms. The molecule has 0 heterocycles. The minimum atomic E-state index is -1.48. The molecule has 0 saturated carbocycles. The van der Waals surface area contributed by atoms with Crippen LogP contribution in [-0.4, -0.2) is 37.5 Å². The van der Waals surface area contributed by atoms with Crippen LogP contribution in [0, 0.1) is 6.92 Å². The number of hydrogen-bond acceptors (Lipinski definition) is 7. The summed E-state index contributed by atoms with van der Waals surface area (Å²) in [7, 11) is 1.59. The van der Waals surface area contributed by atoms with Gasteiger partial charge in [0.1, 0.15) is 5.75 Å². The summed E-state index contributed by atoms with van der Waals surface area (Å²) in [5.41, 5.74) is 2.54. The van der Waals surface area contributed by atoms with Crippen LogP contribution in [0.3, 0.4) is 0 Å². The zero-order valence-corrected chi connectivity index (χ0v) is 25.7. The SMILES string of the molecule is CCOc1c(OCC)c(OC(C)=O)c2ccc([S+]([O-])c3ccc(OC)cc3)cc2c1OCCCCc1cccc(C)c1. The van der Waals surface area contributed by atoms with E-state index in [0.29, 0.717) is 63.4 Å². The van der Waals surface area contributed by atoms with Crippen LogP contribution in [0.25, 0.3) is 10.8 Å². The number of methoxy groups -OCH3 is 1. The van der Waals surface area contributed by atoms with Crippen LogP contribution in [0.15, 0.2) is 76.5 Å². The van der Waals surface area contributed by atoms with Crippen molar-refractivity contribution < 1.29 is 33.0 Å². The van der Waals surface area contributed by atoms with Gasteiger partial charge in [0.2, 0.25) is 11.5 Å². The molecule has 0 radical (unpaired) electrons. The lowest BCUT2D eigenvalue weighted by atomic mass is 10.1. The first-order chi connectivity index (χ1) is 20.4. The second kappa shape index (κ2) is 14.8. The Bertz CT molecular complexity index is 1500. The Morgan fingerprint density at radius 3 is 2.12 bits per heavy atom. The maximum atomic E-state index is 13.6. The molecule has 4 aromatic rings. The first kappa shape index (κ1) is 31.1. The van der Waals surface area contributed by atoms with Crippen molar-refractivity contribution >= 4 is 27.9 Å². The number of carbonyl (C=O) groups is 1. The number of aryl methyl sites for hydroxylation is 2. The quantitative estimate of drug-likeness (QED) is 0.0653. The zero-order valence-electron chi connectivity index (χ0n) is 24.9. The highest BCUT2D eigenvalue weighted by Gasteiger charge is 2.27. The van der Waals surface area contributed by atoms with Crippen molar-refractivity contribution in [3.05, 3.63) is 77.9 Å². The Kier molecular flexibility index (Phi) is 11.0.